The Balaban J connectivity index is 3.35. The van der Waals surface area contributed by atoms with Crippen LogP contribution in [0.1, 0.15) is 5.56 Å². The molecule has 0 aliphatic carbocycles. The summed E-state index contributed by atoms with van der Waals surface area (Å²) < 4.78 is 25.2. The average molecular weight is 265 g/mol. The van der Waals surface area contributed by atoms with Gasteiger partial charge >= 0.3 is 0 Å². The van der Waals surface area contributed by atoms with Gasteiger partial charge in [0.05, 0.1) is 15.2 Å². The number of rotatable bonds is 0. The molecule has 0 bridgehead atoms. The third kappa shape index (κ3) is 1.66. The summed E-state index contributed by atoms with van der Waals surface area (Å²) in [5.74, 6) is -1.88. The lowest BCUT2D eigenvalue weighted by atomic mass is 10.2. The standard InChI is InChI=1S/C7H2F2IN/c8-5-1-4(3-11)2-6(10)7(5)9/h1-2H. The summed E-state index contributed by atoms with van der Waals surface area (Å²) in [6.07, 6.45) is 0. The molecule has 1 nitrogen and oxygen atoms in total. The zero-order valence-corrected chi connectivity index (χ0v) is 7.39. The van der Waals surface area contributed by atoms with Crippen LogP contribution in [0.4, 0.5) is 8.78 Å². The van der Waals surface area contributed by atoms with Crippen molar-refractivity contribution in [3.63, 3.8) is 0 Å². The lowest BCUT2D eigenvalue weighted by molar-refractivity contribution is 0.503. The minimum absolute atomic E-state index is 0.124. The largest absolute Gasteiger partial charge is 0.204 e. The summed E-state index contributed by atoms with van der Waals surface area (Å²) in [6, 6.07) is 3.89. The summed E-state index contributed by atoms with van der Waals surface area (Å²) >= 11 is 1.63. The maximum atomic E-state index is 12.6. The lowest BCUT2D eigenvalue weighted by Crippen LogP contribution is -1.89. The zero-order valence-electron chi connectivity index (χ0n) is 5.24. The number of halogens is 3. The highest BCUT2D eigenvalue weighted by atomic mass is 127. The van der Waals surface area contributed by atoms with Crippen LogP contribution in [0.25, 0.3) is 0 Å². The van der Waals surface area contributed by atoms with Crippen molar-refractivity contribution in [2.45, 2.75) is 0 Å². The van der Waals surface area contributed by atoms with E-state index in [-0.39, 0.29) is 9.13 Å². The Bertz CT molecular complexity index is 307. The van der Waals surface area contributed by atoms with E-state index < -0.39 is 11.6 Å². The normalized spacial score (nSPS) is 9.27. The Morgan fingerprint density at radius 1 is 1.36 bits per heavy atom. The second-order valence-corrected chi connectivity index (χ2v) is 3.03. The van der Waals surface area contributed by atoms with Gasteiger partial charge in [-0.05, 0) is 34.7 Å². The van der Waals surface area contributed by atoms with E-state index in [2.05, 4.69) is 0 Å². The van der Waals surface area contributed by atoms with Crippen LogP contribution in [0.3, 0.4) is 0 Å². The van der Waals surface area contributed by atoms with Gasteiger partial charge < -0.3 is 0 Å². The number of hydrogen-bond acceptors (Lipinski definition) is 1. The molecule has 0 radical (unpaired) electrons. The van der Waals surface area contributed by atoms with Crippen LogP contribution >= 0.6 is 22.6 Å². The van der Waals surface area contributed by atoms with Crippen molar-refractivity contribution < 1.29 is 8.78 Å². The first-order valence-corrected chi connectivity index (χ1v) is 3.77. The molecule has 11 heavy (non-hydrogen) atoms. The lowest BCUT2D eigenvalue weighted by Gasteiger charge is -1.95. The Labute approximate surface area is 75.8 Å². The van der Waals surface area contributed by atoms with Crippen LogP contribution in [0.2, 0.25) is 0 Å². The van der Waals surface area contributed by atoms with Crippen molar-refractivity contribution in [2.75, 3.05) is 0 Å². The Morgan fingerprint density at radius 2 is 2.00 bits per heavy atom. The molecule has 0 unspecified atom stereocenters. The van der Waals surface area contributed by atoms with Gasteiger partial charge in [-0.25, -0.2) is 8.78 Å². The smallest absolute Gasteiger partial charge is 0.172 e. The van der Waals surface area contributed by atoms with Crippen molar-refractivity contribution >= 4 is 22.6 Å². The third-order valence-electron chi connectivity index (χ3n) is 1.11. The number of benzene rings is 1. The molecule has 0 saturated carbocycles. The van der Waals surface area contributed by atoms with Crippen molar-refractivity contribution in [1.82, 2.24) is 0 Å². The molecule has 0 fully saturated rings. The van der Waals surface area contributed by atoms with E-state index in [1.54, 1.807) is 28.7 Å². The minimum atomic E-state index is -0.978. The molecule has 0 aliphatic heterocycles. The topological polar surface area (TPSA) is 23.8 Å². The summed E-state index contributed by atoms with van der Waals surface area (Å²) in [5, 5.41) is 8.33. The zero-order chi connectivity index (χ0) is 8.43. The molecular weight excluding hydrogens is 263 g/mol. The molecule has 1 rings (SSSR count). The molecule has 0 saturated heterocycles. The van der Waals surface area contributed by atoms with Gasteiger partial charge in [0.25, 0.3) is 0 Å². The average Bonchev–Trinajstić information content (AvgIpc) is 1.99. The fourth-order valence-corrected chi connectivity index (χ4v) is 1.21. The molecule has 0 atom stereocenters. The van der Waals surface area contributed by atoms with Crippen LogP contribution < -0.4 is 0 Å². The van der Waals surface area contributed by atoms with E-state index in [0.29, 0.717) is 0 Å². The van der Waals surface area contributed by atoms with Crippen LogP contribution in [0, 0.1) is 26.5 Å². The van der Waals surface area contributed by atoms with Gasteiger partial charge in [-0.2, -0.15) is 5.26 Å². The minimum Gasteiger partial charge on any atom is -0.204 e. The number of nitrogens with zero attached hydrogens (tertiary/aromatic N) is 1. The predicted octanol–water partition coefficient (Wildman–Crippen LogP) is 2.44. The van der Waals surface area contributed by atoms with Gasteiger partial charge in [-0.1, -0.05) is 0 Å². The van der Waals surface area contributed by atoms with Crippen molar-refractivity contribution in [3.8, 4) is 6.07 Å². The predicted molar refractivity (Wildman–Crippen MR) is 43.8 cm³/mol. The fraction of sp³-hybridized carbons (Fsp3) is 0. The molecule has 4 heteroatoms. The molecular formula is C7H2F2IN. The molecule has 1 aromatic carbocycles. The highest BCUT2D eigenvalue weighted by Gasteiger charge is 2.07. The quantitative estimate of drug-likeness (QED) is 0.522. The van der Waals surface area contributed by atoms with Crippen molar-refractivity contribution in [3.05, 3.63) is 32.9 Å². The van der Waals surface area contributed by atoms with E-state index >= 15 is 0 Å². The molecule has 0 heterocycles. The van der Waals surface area contributed by atoms with Gasteiger partial charge in [0.2, 0.25) is 0 Å². The van der Waals surface area contributed by atoms with Gasteiger partial charge in [-0.15, -0.1) is 0 Å². The van der Waals surface area contributed by atoms with Crippen LogP contribution in [0.5, 0.6) is 0 Å². The second-order valence-electron chi connectivity index (χ2n) is 1.87. The Hall–Kier alpha value is -0.700. The van der Waals surface area contributed by atoms with Crippen molar-refractivity contribution in [2.24, 2.45) is 0 Å². The van der Waals surface area contributed by atoms with Crippen LogP contribution in [-0.4, -0.2) is 0 Å². The highest BCUT2D eigenvalue weighted by Crippen LogP contribution is 2.15. The summed E-state index contributed by atoms with van der Waals surface area (Å²) in [4.78, 5) is 0. The van der Waals surface area contributed by atoms with E-state index in [9.17, 15) is 8.78 Å². The van der Waals surface area contributed by atoms with Gasteiger partial charge in [0, 0.05) is 0 Å². The number of nitriles is 1. The maximum Gasteiger partial charge on any atom is 0.172 e. The van der Waals surface area contributed by atoms with E-state index in [4.69, 9.17) is 5.26 Å². The van der Waals surface area contributed by atoms with Gasteiger partial charge in [0.15, 0.2) is 11.6 Å². The maximum absolute atomic E-state index is 12.6. The monoisotopic (exact) mass is 265 g/mol. The first-order valence-electron chi connectivity index (χ1n) is 2.70. The summed E-state index contributed by atoms with van der Waals surface area (Å²) in [5.41, 5.74) is 0.133. The molecule has 56 valence electrons. The Morgan fingerprint density at radius 3 is 2.45 bits per heavy atom. The third-order valence-corrected chi connectivity index (χ3v) is 1.90. The first-order chi connectivity index (χ1) is 5.15. The summed E-state index contributed by atoms with van der Waals surface area (Å²) in [7, 11) is 0. The van der Waals surface area contributed by atoms with Crippen molar-refractivity contribution in [1.29, 1.82) is 5.26 Å². The van der Waals surface area contributed by atoms with Gasteiger partial charge in [-0.3, -0.25) is 0 Å². The van der Waals surface area contributed by atoms with Crippen LogP contribution in [-0.2, 0) is 0 Å². The molecule has 0 spiro atoms. The molecule has 1 aromatic rings. The number of hydrogen-bond donors (Lipinski definition) is 0. The molecule has 0 aliphatic rings. The van der Waals surface area contributed by atoms with E-state index in [1.165, 1.54) is 6.07 Å². The van der Waals surface area contributed by atoms with E-state index in [0.717, 1.165) is 6.07 Å². The summed E-state index contributed by atoms with van der Waals surface area (Å²) in [6.45, 7) is 0. The molecule has 0 amide bonds. The molecule has 0 N–H and O–H groups in total. The van der Waals surface area contributed by atoms with Crippen LogP contribution in [0.15, 0.2) is 12.1 Å². The van der Waals surface area contributed by atoms with Gasteiger partial charge in [0.1, 0.15) is 0 Å². The van der Waals surface area contributed by atoms with E-state index in [1.807, 2.05) is 0 Å². The Kier molecular flexibility index (Phi) is 2.39. The first kappa shape index (κ1) is 8.40. The second kappa shape index (κ2) is 3.13. The highest BCUT2D eigenvalue weighted by molar-refractivity contribution is 14.1. The fourth-order valence-electron chi connectivity index (χ4n) is 0.620. The molecule has 0 aromatic heterocycles. The SMILES string of the molecule is N#Cc1cc(F)c(F)c(I)c1.